The zero-order valence-electron chi connectivity index (χ0n) is 19.8. The van der Waals surface area contributed by atoms with Crippen LogP contribution in [0, 0.1) is 0 Å². The molecule has 6 nitrogen and oxygen atoms in total. The smallest absolute Gasteiger partial charge is 0.119 e. The highest BCUT2D eigenvalue weighted by Crippen LogP contribution is 2.33. The van der Waals surface area contributed by atoms with Crippen molar-refractivity contribution in [2.24, 2.45) is 0 Å². The van der Waals surface area contributed by atoms with Crippen molar-refractivity contribution >= 4 is 0 Å². The minimum absolute atomic E-state index is 0.117. The SMILES string of the molecule is CC(C)(c1ccc(OCCCOC[C@H]2CO2)cc1)c1ccc(OCCCOC[C@H]2CO2)cc1. The minimum atomic E-state index is -0.117. The van der Waals surface area contributed by atoms with Crippen molar-refractivity contribution in [3.8, 4) is 11.5 Å². The lowest BCUT2D eigenvalue weighted by Gasteiger charge is -2.26. The van der Waals surface area contributed by atoms with Gasteiger partial charge in [-0.05, 0) is 35.4 Å². The predicted molar refractivity (Wildman–Crippen MR) is 126 cm³/mol. The van der Waals surface area contributed by atoms with E-state index in [1.807, 2.05) is 24.3 Å². The molecular formula is C27H36O6. The van der Waals surface area contributed by atoms with E-state index in [-0.39, 0.29) is 5.41 Å². The summed E-state index contributed by atoms with van der Waals surface area (Å²) >= 11 is 0. The van der Waals surface area contributed by atoms with Gasteiger partial charge in [-0.15, -0.1) is 0 Å². The van der Waals surface area contributed by atoms with Gasteiger partial charge < -0.3 is 28.4 Å². The maximum atomic E-state index is 5.85. The Bertz CT molecular complexity index is 755. The number of hydrogen-bond acceptors (Lipinski definition) is 6. The van der Waals surface area contributed by atoms with E-state index in [1.165, 1.54) is 11.1 Å². The van der Waals surface area contributed by atoms with E-state index in [2.05, 4.69) is 38.1 Å². The van der Waals surface area contributed by atoms with Crippen LogP contribution in [0.5, 0.6) is 11.5 Å². The molecule has 2 heterocycles. The maximum Gasteiger partial charge on any atom is 0.119 e. The Kier molecular flexibility index (Phi) is 8.62. The summed E-state index contributed by atoms with van der Waals surface area (Å²) in [6.45, 7) is 10.2. The molecule has 2 atom stereocenters. The number of ether oxygens (including phenoxy) is 6. The van der Waals surface area contributed by atoms with Gasteiger partial charge in [0.2, 0.25) is 0 Å². The first-order chi connectivity index (χ1) is 16.1. The summed E-state index contributed by atoms with van der Waals surface area (Å²) in [5.74, 6) is 1.77. The van der Waals surface area contributed by atoms with Crippen molar-refractivity contribution in [3.63, 3.8) is 0 Å². The molecule has 0 spiro atoms. The molecular weight excluding hydrogens is 420 g/mol. The van der Waals surface area contributed by atoms with Crippen molar-refractivity contribution in [1.29, 1.82) is 0 Å². The quantitative estimate of drug-likeness (QED) is 0.276. The first-order valence-electron chi connectivity index (χ1n) is 12.0. The molecule has 0 unspecified atom stereocenters. The second kappa shape index (κ2) is 11.8. The monoisotopic (exact) mass is 456 g/mol. The average Bonchev–Trinajstić information content (AvgIpc) is 3.75. The lowest BCUT2D eigenvalue weighted by atomic mass is 9.78. The molecule has 0 aliphatic carbocycles. The summed E-state index contributed by atoms with van der Waals surface area (Å²) in [4.78, 5) is 0. The molecule has 180 valence electrons. The predicted octanol–water partition coefficient (Wildman–Crippen LogP) is 4.38. The molecule has 2 saturated heterocycles. The van der Waals surface area contributed by atoms with Gasteiger partial charge in [-0.3, -0.25) is 0 Å². The molecule has 4 rings (SSSR count). The molecule has 2 aromatic carbocycles. The molecule has 0 bridgehead atoms. The number of rotatable bonds is 16. The summed E-state index contributed by atoms with van der Waals surface area (Å²) in [6.07, 6.45) is 2.39. The maximum absolute atomic E-state index is 5.85. The van der Waals surface area contributed by atoms with Crippen molar-refractivity contribution in [3.05, 3.63) is 59.7 Å². The van der Waals surface area contributed by atoms with Crippen LogP contribution in [0.15, 0.2) is 48.5 Å². The van der Waals surface area contributed by atoms with Gasteiger partial charge >= 0.3 is 0 Å². The van der Waals surface area contributed by atoms with E-state index in [0.717, 1.165) is 37.6 Å². The van der Waals surface area contributed by atoms with Crippen molar-refractivity contribution in [2.75, 3.05) is 52.9 Å². The van der Waals surface area contributed by atoms with Gasteiger partial charge in [0.1, 0.15) is 23.7 Å². The Morgan fingerprint density at radius 3 is 1.42 bits per heavy atom. The summed E-state index contributed by atoms with van der Waals surface area (Å²) in [5, 5.41) is 0. The van der Waals surface area contributed by atoms with Crippen LogP contribution in [0.3, 0.4) is 0 Å². The zero-order chi connectivity index (χ0) is 22.9. The van der Waals surface area contributed by atoms with Gasteiger partial charge in [-0.1, -0.05) is 38.1 Å². The fraction of sp³-hybridized carbons (Fsp3) is 0.556. The van der Waals surface area contributed by atoms with Crippen LogP contribution in [-0.4, -0.2) is 65.1 Å². The van der Waals surface area contributed by atoms with Crippen molar-refractivity contribution in [2.45, 2.75) is 44.3 Å². The standard InChI is InChI=1S/C27H36O6/c1-27(2,21-5-9-23(10-6-21)30-15-3-13-28-17-25-19-32-25)22-7-11-24(12-8-22)31-16-4-14-29-18-26-20-33-26/h5-12,25-26H,3-4,13-20H2,1-2H3/t25-,26-/m0/s1. The largest absolute Gasteiger partial charge is 0.494 e. The Morgan fingerprint density at radius 2 is 1.06 bits per heavy atom. The third-order valence-corrected chi connectivity index (χ3v) is 5.97. The Morgan fingerprint density at radius 1 is 0.667 bits per heavy atom. The molecule has 0 amide bonds. The van der Waals surface area contributed by atoms with Crippen LogP contribution in [0.25, 0.3) is 0 Å². The van der Waals surface area contributed by atoms with Gasteiger partial charge in [0.15, 0.2) is 0 Å². The molecule has 2 fully saturated rings. The molecule has 0 radical (unpaired) electrons. The number of hydrogen-bond donors (Lipinski definition) is 0. The van der Waals surface area contributed by atoms with Crippen molar-refractivity contribution < 1.29 is 28.4 Å². The summed E-state index contributed by atoms with van der Waals surface area (Å²) in [6, 6.07) is 16.8. The van der Waals surface area contributed by atoms with Crippen LogP contribution >= 0.6 is 0 Å². The highest BCUT2D eigenvalue weighted by Gasteiger charge is 2.24. The molecule has 2 aliphatic heterocycles. The van der Waals surface area contributed by atoms with E-state index in [0.29, 0.717) is 51.8 Å². The third-order valence-electron chi connectivity index (χ3n) is 5.97. The van der Waals surface area contributed by atoms with Crippen LogP contribution in [0.4, 0.5) is 0 Å². The van der Waals surface area contributed by atoms with Crippen LogP contribution in [0.1, 0.15) is 37.8 Å². The molecule has 6 heteroatoms. The van der Waals surface area contributed by atoms with Gasteiger partial charge in [-0.2, -0.15) is 0 Å². The van der Waals surface area contributed by atoms with Gasteiger partial charge in [0.25, 0.3) is 0 Å². The van der Waals surface area contributed by atoms with E-state index in [4.69, 9.17) is 28.4 Å². The zero-order valence-corrected chi connectivity index (χ0v) is 19.8. The van der Waals surface area contributed by atoms with Crippen LogP contribution in [-0.2, 0) is 24.4 Å². The first kappa shape index (κ1) is 24.0. The highest BCUT2D eigenvalue weighted by atomic mass is 16.6. The van der Waals surface area contributed by atoms with Crippen molar-refractivity contribution in [1.82, 2.24) is 0 Å². The second-order valence-corrected chi connectivity index (χ2v) is 9.14. The molecule has 0 aromatic heterocycles. The third kappa shape index (κ3) is 8.00. The Balaban J connectivity index is 1.17. The summed E-state index contributed by atoms with van der Waals surface area (Å²) in [5.41, 5.74) is 2.37. The average molecular weight is 457 g/mol. The molecule has 33 heavy (non-hydrogen) atoms. The van der Waals surface area contributed by atoms with E-state index < -0.39 is 0 Å². The first-order valence-corrected chi connectivity index (χ1v) is 12.0. The molecule has 0 saturated carbocycles. The fourth-order valence-corrected chi connectivity index (χ4v) is 3.56. The molecule has 0 N–H and O–H groups in total. The summed E-state index contributed by atoms with van der Waals surface area (Å²) < 4.78 is 33.0. The van der Waals surface area contributed by atoms with E-state index in [1.54, 1.807) is 0 Å². The lowest BCUT2D eigenvalue weighted by Crippen LogP contribution is -2.18. The topological polar surface area (TPSA) is 62.0 Å². The van der Waals surface area contributed by atoms with E-state index in [9.17, 15) is 0 Å². The van der Waals surface area contributed by atoms with Crippen LogP contribution in [0.2, 0.25) is 0 Å². The lowest BCUT2D eigenvalue weighted by molar-refractivity contribution is 0.104. The number of benzene rings is 2. The highest BCUT2D eigenvalue weighted by molar-refractivity contribution is 5.41. The minimum Gasteiger partial charge on any atom is -0.494 e. The van der Waals surface area contributed by atoms with Gasteiger partial charge in [-0.25, -0.2) is 0 Å². The van der Waals surface area contributed by atoms with Gasteiger partial charge in [0, 0.05) is 31.5 Å². The second-order valence-electron chi connectivity index (χ2n) is 9.14. The fourth-order valence-electron chi connectivity index (χ4n) is 3.56. The Hall–Kier alpha value is -2.12. The number of epoxide rings is 2. The summed E-state index contributed by atoms with van der Waals surface area (Å²) in [7, 11) is 0. The van der Waals surface area contributed by atoms with Crippen LogP contribution < -0.4 is 9.47 Å². The molecule has 2 aliphatic rings. The molecule has 2 aromatic rings. The van der Waals surface area contributed by atoms with Gasteiger partial charge in [0.05, 0.1) is 39.6 Å². The normalized spacial score (nSPS) is 19.3. The van der Waals surface area contributed by atoms with E-state index >= 15 is 0 Å². The Labute approximate surface area is 197 Å².